The lowest BCUT2D eigenvalue weighted by Gasteiger charge is -2.12. The molecule has 0 atom stereocenters. The van der Waals surface area contributed by atoms with Gasteiger partial charge in [-0.1, -0.05) is 0 Å². The Kier molecular flexibility index (Phi) is 13.3. The number of nitrogens with one attached hydrogen (secondary N) is 3. The van der Waals surface area contributed by atoms with E-state index in [9.17, 15) is 4.79 Å². The monoisotopic (exact) mass is 435 g/mol. The van der Waals surface area contributed by atoms with Gasteiger partial charge in [-0.3, -0.25) is 14.8 Å². The molecule has 1 amide bonds. The van der Waals surface area contributed by atoms with Gasteiger partial charge in [0.05, 0.1) is 5.56 Å². The van der Waals surface area contributed by atoms with Gasteiger partial charge in [0.1, 0.15) is 0 Å². The van der Waals surface area contributed by atoms with Crippen LogP contribution in [-0.4, -0.2) is 56.7 Å². The molecule has 7 nitrogen and oxygen atoms in total. The zero-order chi connectivity index (χ0) is 16.0. The molecule has 0 unspecified atom stereocenters. The second kappa shape index (κ2) is 14.2. The zero-order valence-electron chi connectivity index (χ0n) is 13.7. The Bertz CT molecular complexity index is 456. The molecule has 0 aromatic carbocycles. The first-order valence-corrected chi connectivity index (χ1v) is 7.48. The predicted octanol–water partition coefficient (Wildman–Crippen LogP) is 1.02. The number of amides is 1. The molecule has 0 bridgehead atoms. The Morgan fingerprint density at radius 1 is 1.26 bits per heavy atom. The van der Waals surface area contributed by atoms with Crippen LogP contribution in [0.4, 0.5) is 0 Å². The van der Waals surface area contributed by atoms with Crippen LogP contribution in [0.25, 0.3) is 0 Å². The number of pyridine rings is 1. The Balaban J connectivity index is 0.00000484. The van der Waals surface area contributed by atoms with Gasteiger partial charge in [0.2, 0.25) is 0 Å². The fourth-order valence-electron chi connectivity index (χ4n) is 1.70. The minimum atomic E-state index is -0.130. The van der Waals surface area contributed by atoms with Crippen molar-refractivity contribution in [2.24, 2.45) is 4.99 Å². The van der Waals surface area contributed by atoms with Crippen LogP contribution in [0.3, 0.4) is 0 Å². The summed E-state index contributed by atoms with van der Waals surface area (Å²) in [6.07, 6.45) is 4.10. The molecule has 0 fully saturated rings. The van der Waals surface area contributed by atoms with Gasteiger partial charge in [-0.25, -0.2) is 0 Å². The number of hydrogen-bond acceptors (Lipinski definition) is 4. The number of hydrogen-bond donors (Lipinski definition) is 3. The quantitative estimate of drug-likeness (QED) is 0.233. The summed E-state index contributed by atoms with van der Waals surface area (Å²) in [6, 6.07) is 3.47. The third kappa shape index (κ3) is 10.1. The number of nitrogens with zero attached hydrogens (tertiary/aromatic N) is 2. The number of aromatic nitrogens is 1. The molecule has 1 aromatic heterocycles. The smallest absolute Gasteiger partial charge is 0.252 e. The van der Waals surface area contributed by atoms with E-state index in [1.807, 2.05) is 6.92 Å². The summed E-state index contributed by atoms with van der Waals surface area (Å²) in [6.45, 7) is 5.35. The SMILES string of the molecule is CCOCCCNC(=NC)NCCNC(=O)c1cccnc1.I. The maximum Gasteiger partial charge on any atom is 0.252 e. The van der Waals surface area contributed by atoms with E-state index in [-0.39, 0.29) is 29.9 Å². The van der Waals surface area contributed by atoms with Crippen molar-refractivity contribution in [2.75, 3.05) is 39.9 Å². The summed E-state index contributed by atoms with van der Waals surface area (Å²) >= 11 is 0. The highest BCUT2D eigenvalue weighted by atomic mass is 127. The molecule has 130 valence electrons. The minimum absolute atomic E-state index is 0. The molecule has 3 N–H and O–H groups in total. The molecule has 23 heavy (non-hydrogen) atoms. The van der Waals surface area contributed by atoms with Crippen molar-refractivity contribution in [1.29, 1.82) is 0 Å². The predicted molar refractivity (Wildman–Crippen MR) is 102 cm³/mol. The number of guanidine groups is 1. The van der Waals surface area contributed by atoms with E-state index in [4.69, 9.17) is 4.74 Å². The van der Waals surface area contributed by atoms with E-state index >= 15 is 0 Å². The van der Waals surface area contributed by atoms with Gasteiger partial charge in [0, 0.05) is 52.3 Å². The highest BCUT2D eigenvalue weighted by Crippen LogP contribution is 1.94. The summed E-state index contributed by atoms with van der Waals surface area (Å²) in [5, 5.41) is 9.14. The Hall–Kier alpha value is -1.42. The van der Waals surface area contributed by atoms with Crippen molar-refractivity contribution >= 4 is 35.8 Å². The second-order valence-corrected chi connectivity index (χ2v) is 4.47. The lowest BCUT2D eigenvalue weighted by atomic mass is 10.3. The maximum absolute atomic E-state index is 11.8. The van der Waals surface area contributed by atoms with Crippen LogP contribution in [0.5, 0.6) is 0 Å². The summed E-state index contributed by atoms with van der Waals surface area (Å²) in [7, 11) is 1.71. The van der Waals surface area contributed by atoms with Crippen molar-refractivity contribution in [1.82, 2.24) is 20.9 Å². The lowest BCUT2D eigenvalue weighted by molar-refractivity contribution is 0.0954. The van der Waals surface area contributed by atoms with Gasteiger partial charge in [-0.15, -0.1) is 24.0 Å². The number of aliphatic imine (C=N–C) groups is 1. The average Bonchev–Trinajstić information content (AvgIpc) is 2.57. The number of ether oxygens (including phenoxy) is 1. The van der Waals surface area contributed by atoms with Crippen LogP contribution in [0.1, 0.15) is 23.7 Å². The normalized spacial score (nSPS) is 10.6. The molecule has 0 radical (unpaired) electrons. The van der Waals surface area contributed by atoms with Crippen LogP contribution < -0.4 is 16.0 Å². The fraction of sp³-hybridized carbons (Fsp3) is 0.533. The molecule has 0 saturated heterocycles. The third-order valence-electron chi connectivity index (χ3n) is 2.81. The Morgan fingerprint density at radius 2 is 2.00 bits per heavy atom. The molecular formula is C15H26IN5O2. The van der Waals surface area contributed by atoms with Crippen molar-refractivity contribution in [3.8, 4) is 0 Å². The number of carbonyl (C=O) groups excluding carboxylic acids is 1. The van der Waals surface area contributed by atoms with Crippen molar-refractivity contribution < 1.29 is 9.53 Å². The van der Waals surface area contributed by atoms with Gasteiger partial charge in [-0.2, -0.15) is 0 Å². The molecule has 0 spiro atoms. The van der Waals surface area contributed by atoms with Gasteiger partial charge < -0.3 is 20.7 Å². The largest absolute Gasteiger partial charge is 0.382 e. The average molecular weight is 435 g/mol. The first-order valence-electron chi connectivity index (χ1n) is 7.48. The first kappa shape index (κ1) is 21.6. The molecule has 0 aliphatic rings. The van der Waals surface area contributed by atoms with E-state index in [0.717, 1.165) is 26.2 Å². The molecule has 1 rings (SSSR count). The number of halogens is 1. The summed E-state index contributed by atoms with van der Waals surface area (Å²) in [5.41, 5.74) is 0.556. The third-order valence-corrected chi connectivity index (χ3v) is 2.81. The standard InChI is InChI=1S/C15H25N5O2.HI/c1-3-22-11-5-8-19-15(16-2)20-10-9-18-14(21)13-6-4-7-17-12-13;/h4,6-7,12H,3,5,8-11H2,1-2H3,(H,18,21)(H2,16,19,20);1H. The molecule has 1 aromatic rings. The van der Waals surface area contributed by atoms with E-state index in [0.29, 0.717) is 24.6 Å². The minimum Gasteiger partial charge on any atom is -0.382 e. The van der Waals surface area contributed by atoms with Crippen molar-refractivity contribution in [2.45, 2.75) is 13.3 Å². The van der Waals surface area contributed by atoms with Crippen LogP contribution in [0.15, 0.2) is 29.5 Å². The van der Waals surface area contributed by atoms with E-state index in [1.54, 1.807) is 31.6 Å². The van der Waals surface area contributed by atoms with Crippen LogP contribution in [0, 0.1) is 0 Å². The Morgan fingerprint density at radius 3 is 2.65 bits per heavy atom. The topological polar surface area (TPSA) is 87.6 Å². The summed E-state index contributed by atoms with van der Waals surface area (Å²) < 4.78 is 5.26. The van der Waals surface area contributed by atoms with E-state index in [1.165, 1.54) is 0 Å². The van der Waals surface area contributed by atoms with Crippen LogP contribution >= 0.6 is 24.0 Å². The molecule has 8 heteroatoms. The van der Waals surface area contributed by atoms with Gasteiger partial charge in [-0.05, 0) is 25.5 Å². The lowest BCUT2D eigenvalue weighted by Crippen LogP contribution is -2.42. The fourth-order valence-corrected chi connectivity index (χ4v) is 1.70. The summed E-state index contributed by atoms with van der Waals surface area (Å²) in [5.74, 6) is 0.585. The van der Waals surface area contributed by atoms with Crippen molar-refractivity contribution in [3.05, 3.63) is 30.1 Å². The molecule has 0 saturated carbocycles. The zero-order valence-corrected chi connectivity index (χ0v) is 16.0. The first-order chi connectivity index (χ1) is 10.8. The van der Waals surface area contributed by atoms with E-state index < -0.39 is 0 Å². The van der Waals surface area contributed by atoms with Gasteiger partial charge in [0.15, 0.2) is 5.96 Å². The van der Waals surface area contributed by atoms with Crippen molar-refractivity contribution in [3.63, 3.8) is 0 Å². The maximum atomic E-state index is 11.8. The van der Waals surface area contributed by atoms with Crippen LogP contribution in [-0.2, 0) is 4.74 Å². The molecule has 0 aliphatic carbocycles. The summed E-state index contributed by atoms with van der Waals surface area (Å²) in [4.78, 5) is 19.8. The number of carbonyl (C=O) groups is 1. The van der Waals surface area contributed by atoms with E-state index in [2.05, 4.69) is 25.9 Å². The molecular weight excluding hydrogens is 409 g/mol. The second-order valence-electron chi connectivity index (χ2n) is 4.47. The highest BCUT2D eigenvalue weighted by molar-refractivity contribution is 14.0. The highest BCUT2D eigenvalue weighted by Gasteiger charge is 2.03. The van der Waals surface area contributed by atoms with Crippen LogP contribution in [0.2, 0.25) is 0 Å². The van der Waals surface area contributed by atoms with Gasteiger partial charge in [0.25, 0.3) is 5.91 Å². The molecule has 0 aliphatic heterocycles. The number of rotatable bonds is 9. The Labute approximate surface area is 154 Å². The molecule has 1 heterocycles. The van der Waals surface area contributed by atoms with Gasteiger partial charge >= 0.3 is 0 Å².